The molecule has 4 heteroatoms. The van der Waals surface area contributed by atoms with Crippen LogP contribution in [0.2, 0.25) is 0 Å². The van der Waals surface area contributed by atoms with Crippen LogP contribution in [0.15, 0.2) is 24.3 Å². The van der Waals surface area contributed by atoms with E-state index in [1.165, 1.54) is 31.2 Å². The molecule has 0 aromatic heterocycles. The summed E-state index contributed by atoms with van der Waals surface area (Å²) < 4.78 is 11.3. The van der Waals surface area contributed by atoms with E-state index in [1.807, 2.05) is 0 Å². The molecule has 0 unspecified atom stereocenters. The average Bonchev–Trinajstić information content (AvgIpc) is 3.15. The van der Waals surface area contributed by atoms with Gasteiger partial charge in [0.1, 0.15) is 5.75 Å². The maximum Gasteiger partial charge on any atom is 0.119 e. The standard InChI is InChI=1S/C21H33NO3/c1-24-14-12-21(17-23)11-4-13-22(16-21)15-18-7-9-20(10-8-18)25-19-5-2-3-6-19/h7-10,19,23H,2-6,11-17H2,1H3/t21-/m0/s1. The van der Waals surface area contributed by atoms with Crippen LogP contribution >= 0.6 is 0 Å². The molecular weight excluding hydrogens is 314 g/mol. The number of likely N-dealkylation sites (tertiary alicyclic amines) is 1. The third-order valence-electron chi connectivity index (χ3n) is 5.85. The fourth-order valence-electron chi connectivity index (χ4n) is 4.31. The van der Waals surface area contributed by atoms with Crippen LogP contribution in [0, 0.1) is 5.41 Å². The first-order valence-corrected chi connectivity index (χ1v) is 9.81. The summed E-state index contributed by atoms with van der Waals surface area (Å²) in [7, 11) is 1.74. The van der Waals surface area contributed by atoms with Gasteiger partial charge in [-0.25, -0.2) is 0 Å². The summed E-state index contributed by atoms with van der Waals surface area (Å²) in [5.74, 6) is 0.999. The Kier molecular flexibility index (Phi) is 6.74. The van der Waals surface area contributed by atoms with Gasteiger partial charge < -0.3 is 14.6 Å². The second-order valence-corrected chi connectivity index (χ2v) is 7.88. The third kappa shape index (κ3) is 5.19. The summed E-state index contributed by atoms with van der Waals surface area (Å²) >= 11 is 0. The van der Waals surface area contributed by atoms with Crippen LogP contribution in [0.5, 0.6) is 5.75 Å². The van der Waals surface area contributed by atoms with Crippen LogP contribution in [0.3, 0.4) is 0 Å². The van der Waals surface area contributed by atoms with Gasteiger partial charge in [0.2, 0.25) is 0 Å². The predicted octanol–water partition coefficient (Wildman–Crippen LogP) is 3.62. The molecule has 1 heterocycles. The molecule has 0 spiro atoms. The van der Waals surface area contributed by atoms with E-state index in [2.05, 4.69) is 29.2 Å². The first kappa shape index (κ1) is 18.7. The lowest BCUT2D eigenvalue weighted by molar-refractivity contribution is 0.00475. The number of hydrogen-bond donors (Lipinski definition) is 1. The van der Waals surface area contributed by atoms with Crippen LogP contribution in [0.1, 0.15) is 50.5 Å². The number of hydrogen-bond acceptors (Lipinski definition) is 4. The maximum atomic E-state index is 9.93. The van der Waals surface area contributed by atoms with Crippen molar-refractivity contribution in [1.82, 2.24) is 4.90 Å². The van der Waals surface area contributed by atoms with Crippen molar-refractivity contribution in [3.05, 3.63) is 29.8 Å². The highest BCUT2D eigenvalue weighted by Crippen LogP contribution is 2.34. The average molecular weight is 347 g/mol. The second-order valence-electron chi connectivity index (χ2n) is 7.88. The SMILES string of the molecule is COCC[C@@]1(CO)CCCN(Cc2ccc(OC3CCCC3)cc2)C1. The minimum Gasteiger partial charge on any atom is -0.490 e. The summed E-state index contributed by atoms with van der Waals surface area (Å²) in [6.45, 7) is 3.98. The smallest absolute Gasteiger partial charge is 0.119 e. The molecule has 2 fully saturated rings. The van der Waals surface area contributed by atoms with Gasteiger partial charge in [-0.05, 0) is 69.2 Å². The van der Waals surface area contributed by atoms with Crippen molar-refractivity contribution < 1.29 is 14.6 Å². The zero-order chi connectivity index (χ0) is 17.5. The molecule has 3 rings (SSSR count). The topological polar surface area (TPSA) is 41.9 Å². The molecule has 1 aromatic rings. The summed E-state index contributed by atoms with van der Waals surface area (Å²) in [5, 5.41) is 9.93. The molecule has 25 heavy (non-hydrogen) atoms. The van der Waals surface area contributed by atoms with E-state index in [1.54, 1.807) is 7.11 Å². The Morgan fingerprint density at radius 3 is 2.60 bits per heavy atom. The van der Waals surface area contributed by atoms with Crippen LogP contribution in [0.4, 0.5) is 0 Å². The summed E-state index contributed by atoms with van der Waals surface area (Å²) in [6.07, 6.45) is 8.58. The van der Waals surface area contributed by atoms with Crippen molar-refractivity contribution >= 4 is 0 Å². The lowest BCUT2D eigenvalue weighted by atomic mass is 9.78. The molecule has 0 bridgehead atoms. The lowest BCUT2D eigenvalue weighted by Gasteiger charge is -2.42. The Bertz CT molecular complexity index is 512. The molecule has 1 aliphatic carbocycles. The quantitative estimate of drug-likeness (QED) is 0.780. The van der Waals surface area contributed by atoms with E-state index in [0.717, 1.165) is 51.3 Å². The number of rotatable bonds is 8. The molecule has 1 atom stereocenters. The molecule has 1 aliphatic heterocycles. The van der Waals surface area contributed by atoms with E-state index >= 15 is 0 Å². The van der Waals surface area contributed by atoms with Crippen molar-refractivity contribution in [3.8, 4) is 5.75 Å². The van der Waals surface area contributed by atoms with Gasteiger partial charge in [0.25, 0.3) is 0 Å². The largest absolute Gasteiger partial charge is 0.490 e. The Morgan fingerprint density at radius 2 is 1.92 bits per heavy atom. The third-order valence-corrected chi connectivity index (χ3v) is 5.85. The molecule has 1 saturated heterocycles. The predicted molar refractivity (Wildman–Crippen MR) is 99.8 cm³/mol. The Morgan fingerprint density at radius 1 is 1.16 bits per heavy atom. The molecule has 4 nitrogen and oxygen atoms in total. The number of methoxy groups -OCH3 is 1. The van der Waals surface area contributed by atoms with Gasteiger partial charge in [-0.15, -0.1) is 0 Å². The number of aliphatic hydroxyl groups is 1. The van der Waals surface area contributed by atoms with Gasteiger partial charge in [0, 0.05) is 32.2 Å². The van der Waals surface area contributed by atoms with Crippen molar-refractivity contribution in [2.75, 3.05) is 33.4 Å². The van der Waals surface area contributed by atoms with E-state index in [0.29, 0.717) is 6.10 Å². The van der Waals surface area contributed by atoms with Crippen LogP contribution in [-0.2, 0) is 11.3 Å². The minimum absolute atomic E-state index is 0.000213. The summed E-state index contributed by atoms with van der Waals surface area (Å²) in [4.78, 5) is 2.47. The van der Waals surface area contributed by atoms with Gasteiger partial charge in [-0.2, -0.15) is 0 Å². The minimum atomic E-state index is -0.000213. The van der Waals surface area contributed by atoms with Gasteiger partial charge >= 0.3 is 0 Å². The highest BCUT2D eigenvalue weighted by Gasteiger charge is 2.34. The first-order valence-electron chi connectivity index (χ1n) is 9.81. The fraction of sp³-hybridized carbons (Fsp3) is 0.714. The van der Waals surface area contributed by atoms with Gasteiger partial charge in [0.15, 0.2) is 0 Å². The monoisotopic (exact) mass is 347 g/mol. The Labute approximate surface area is 152 Å². The number of benzene rings is 1. The van der Waals surface area contributed by atoms with Gasteiger partial charge in [-0.3, -0.25) is 4.90 Å². The molecule has 0 radical (unpaired) electrons. The summed E-state index contributed by atoms with van der Waals surface area (Å²) in [6, 6.07) is 8.60. The summed E-state index contributed by atoms with van der Waals surface area (Å²) in [5.41, 5.74) is 1.32. The Hall–Kier alpha value is -1.10. The molecular formula is C21H33NO3. The lowest BCUT2D eigenvalue weighted by Crippen LogP contribution is -2.45. The number of nitrogens with zero attached hydrogens (tertiary/aromatic N) is 1. The first-order chi connectivity index (χ1) is 12.2. The van der Waals surface area contributed by atoms with Crippen molar-refractivity contribution in [1.29, 1.82) is 0 Å². The molecule has 140 valence electrons. The molecule has 1 N–H and O–H groups in total. The number of ether oxygens (including phenoxy) is 2. The Balaban J connectivity index is 1.54. The number of piperidine rings is 1. The molecule has 0 amide bonds. The van der Waals surface area contributed by atoms with Gasteiger partial charge in [0.05, 0.1) is 12.7 Å². The highest BCUT2D eigenvalue weighted by molar-refractivity contribution is 5.27. The van der Waals surface area contributed by atoms with E-state index in [4.69, 9.17) is 9.47 Å². The van der Waals surface area contributed by atoms with Crippen molar-refractivity contribution in [2.45, 2.75) is 57.6 Å². The highest BCUT2D eigenvalue weighted by atomic mass is 16.5. The molecule has 1 aromatic carbocycles. The van der Waals surface area contributed by atoms with E-state index < -0.39 is 0 Å². The fourth-order valence-corrected chi connectivity index (χ4v) is 4.31. The number of aliphatic hydroxyl groups excluding tert-OH is 1. The van der Waals surface area contributed by atoms with Crippen molar-refractivity contribution in [2.24, 2.45) is 5.41 Å². The molecule has 1 saturated carbocycles. The van der Waals surface area contributed by atoms with Crippen LogP contribution in [-0.4, -0.2) is 49.5 Å². The van der Waals surface area contributed by atoms with Crippen molar-refractivity contribution in [3.63, 3.8) is 0 Å². The normalized spacial score (nSPS) is 25.4. The zero-order valence-electron chi connectivity index (χ0n) is 15.6. The van der Waals surface area contributed by atoms with E-state index in [9.17, 15) is 5.11 Å². The van der Waals surface area contributed by atoms with E-state index in [-0.39, 0.29) is 12.0 Å². The maximum absolute atomic E-state index is 9.93. The second kappa shape index (κ2) is 9.02. The van der Waals surface area contributed by atoms with Crippen LogP contribution in [0.25, 0.3) is 0 Å². The molecule has 2 aliphatic rings. The zero-order valence-corrected chi connectivity index (χ0v) is 15.6. The van der Waals surface area contributed by atoms with Gasteiger partial charge in [-0.1, -0.05) is 12.1 Å². The van der Waals surface area contributed by atoms with Crippen LogP contribution < -0.4 is 4.74 Å².